The molecule has 3 nitrogen and oxygen atoms in total. The molecule has 0 aliphatic heterocycles. The molecule has 0 aliphatic rings. The molecule has 8 heteroatoms. The van der Waals surface area contributed by atoms with Crippen LogP contribution in [0, 0.1) is 5.95 Å². The molecule has 1 rings (SSSR count). The van der Waals surface area contributed by atoms with Crippen molar-refractivity contribution >= 4 is 15.9 Å². The smallest absolute Gasteiger partial charge is 0.404 e. The summed E-state index contributed by atoms with van der Waals surface area (Å²) in [7, 11) is 0. The Morgan fingerprint density at radius 2 is 2.07 bits per heavy atom. The maximum atomic E-state index is 12.8. The molecule has 0 amide bonds. The first kappa shape index (κ1) is 12.2. The summed E-state index contributed by atoms with van der Waals surface area (Å²) in [5, 5.41) is 0. The largest absolute Gasteiger partial charge is 0.573 e. The summed E-state index contributed by atoms with van der Waals surface area (Å²) >= 11 is 2.69. The fraction of sp³-hybridized carbons (Fsp3) is 0.286. The molecule has 0 spiro atoms. The summed E-state index contributed by atoms with van der Waals surface area (Å²) in [5.74, 6) is -1.55. The maximum absolute atomic E-state index is 12.8. The molecule has 0 fully saturated rings. The molecule has 1 heterocycles. The Kier molecular flexibility index (Phi) is 3.50. The maximum Gasteiger partial charge on any atom is 0.573 e. The summed E-state index contributed by atoms with van der Waals surface area (Å²) in [6.45, 7) is -0.352. The Morgan fingerprint density at radius 1 is 1.47 bits per heavy atom. The van der Waals surface area contributed by atoms with Crippen molar-refractivity contribution in [2.75, 3.05) is 0 Å². The Hall–Kier alpha value is -0.890. The monoisotopic (exact) mass is 288 g/mol. The average Bonchev–Trinajstić information content (AvgIpc) is 2.08. The Labute approximate surface area is 90.4 Å². The lowest BCUT2D eigenvalue weighted by Crippen LogP contribution is -2.19. The standard InChI is InChI=1S/C7H5BrF4N2O/c8-3-1-5(15-7(10,11)12)4(2-13)14-6(3)9/h1H,2,13H2. The van der Waals surface area contributed by atoms with Crippen LogP contribution in [0.15, 0.2) is 10.5 Å². The van der Waals surface area contributed by atoms with Crippen molar-refractivity contribution in [1.29, 1.82) is 0 Å². The van der Waals surface area contributed by atoms with E-state index in [0.29, 0.717) is 0 Å². The topological polar surface area (TPSA) is 48.1 Å². The molecule has 15 heavy (non-hydrogen) atoms. The second-order valence-electron chi connectivity index (χ2n) is 2.46. The minimum Gasteiger partial charge on any atom is -0.404 e. The van der Waals surface area contributed by atoms with E-state index in [9.17, 15) is 17.6 Å². The first-order valence-corrected chi connectivity index (χ1v) is 4.43. The van der Waals surface area contributed by atoms with Crippen molar-refractivity contribution in [3.63, 3.8) is 0 Å². The quantitative estimate of drug-likeness (QED) is 0.671. The van der Waals surface area contributed by atoms with Gasteiger partial charge in [-0.1, -0.05) is 0 Å². The zero-order chi connectivity index (χ0) is 11.6. The number of alkyl halides is 3. The molecule has 0 unspecified atom stereocenters. The van der Waals surface area contributed by atoms with Crippen LogP contribution in [0.25, 0.3) is 0 Å². The molecule has 0 atom stereocenters. The van der Waals surface area contributed by atoms with Gasteiger partial charge in [-0.05, 0) is 15.9 Å². The van der Waals surface area contributed by atoms with Crippen molar-refractivity contribution in [3.05, 3.63) is 22.2 Å². The number of nitrogens with zero attached hydrogens (tertiary/aromatic N) is 1. The van der Waals surface area contributed by atoms with Crippen LogP contribution in [-0.2, 0) is 6.54 Å². The number of halogens is 5. The van der Waals surface area contributed by atoms with E-state index >= 15 is 0 Å². The van der Waals surface area contributed by atoms with Crippen LogP contribution in [0.3, 0.4) is 0 Å². The van der Waals surface area contributed by atoms with Crippen LogP contribution < -0.4 is 10.5 Å². The summed E-state index contributed by atoms with van der Waals surface area (Å²) < 4.78 is 51.9. The van der Waals surface area contributed by atoms with Gasteiger partial charge in [-0.3, -0.25) is 0 Å². The predicted molar refractivity (Wildman–Crippen MR) is 46.5 cm³/mol. The van der Waals surface area contributed by atoms with E-state index in [1.807, 2.05) is 0 Å². The minimum atomic E-state index is -4.86. The van der Waals surface area contributed by atoms with Gasteiger partial charge in [0, 0.05) is 12.6 Å². The van der Waals surface area contributed by atoms with Gasteiger partial charge in [-0.15, -0.1) is 13.2 Å². The third-order valence-corrected chi connectivity index (χ3v) is 1.95. The van der Waals surface area contributed by atoms with Gasteiger partial charge in [0.15, 0.2) is 5.75 Å². The predicted octanol–water partition coefficient (Wildman–Crippen LogP) is 2.34. The number of hydrogen-bond donors (Lipinski definition) is 1. The van der Waals surface area contributed by atoms with E-state index in [2.05, 4.69) is 25.7 Å². The van der Waals surface area contributed by atoms with E-state index in [4.69, 9.17) is 5.73 Å². The third kappa shape index (κ3) is 3.31. The number of nitrogens with two attached hydrogens (primary N) is 1. The van der Waals surface area contributed by atoms with Crippen LogP contribution >= 0.6 is 15.9 Å². The average molecular weight is 289 g/mol. The van der Waals surface area contributed by atoms with E-state index in [-0.39, 0.29) is 16.7 Å². The van der Waals surface area contributed by atoms with Gasteiger partial charge in [0.2, 0.25) is 5.95 Å². The van der Waals surface area contributed by atoms with Crippen molar-refractivity contribution in [1.82, 2.24) is 4.98 Å². The zero-order valence-electron chi connectivity index (χ0n) is 7.11. The van der Waals surface area contributed by atoms with Gasteiger partial charge in [0.05, 0.1) is 10.2 Å². The SMILES string of the molecule is NCc1nc(F)c(Br)cc1OC(F)(F)F. The molecule has 1 aromatic heterocycles. The molecule has 84 valence electrons. The molecule has 2 N–H and O–H groups in total. The van der Waals surface area contributed by atoms with Crippen molar-refractivity contribution in [2.24, 2.45) is 5.73 Å². The molecular weight excluding hydrogens is 284 g/mol. The zero-order valence-corrected chi connectivity index (χ0v) is 8.69. The summed E-state index contributed by atoms with van der Waals surface area (Å²) in [4.78, 5) is 3.21. The van der Waals surface area contributed by atoms with Gasteiger partial charge in [0.25, 0.3) is 0 Å². The van der Waals surface area contributed by atoms with Gasteiger partial charge in [-0.2, -0.15) is 4.39 Å². The van der Waals surface area contributed by atoms with Gasteiger partial charge >= 0.3 is 6.36 Å². The van der Waals surface area contributed by atoms with Gasteiger partial charge in [-0.25, -0.2) is 4.98 Å². The van der Waals surface area contributed by atoms with Gasteiger partial charge < -0.3 is 10.5 Å². The highest BCUT2D eigenvalue weighted by atomic mass is 79.9. The summed E-state index contributed by atoms with van der Waals surface area (Å²) in [5.41, 5.74) is 4.80. The van der Waals surface area contributed by atoms with E-state index in [1.54, 1.807) is 0 Å². The molecule has 0 aromatic carbocycles. The van der Waals surface area contributed by atoms with E-state index in [1.165, 1.54) is 0 Å². The fourth-order valence-electron chi connectivity index (χ4n) is 0.844. The highest BCUT2D eigenvalue weighted by Crippen LogP contribution is 2.28. The van der Waals surface area contributed by atoms with Crippen LogP contribution in [0.4, 0.5) is 17.6 Å². The van der Waals surface area contributed by atoms with Crippen molar-refractivity contribution in [2.45, 2.75) is 12.9 Å². The minimum absolute atomic E-state index is 0.223. The Balaban J connectivity index is 3.11. The molecule has 0 saturated heterocycles. The number of rotatable bonds is 2. The van der Waals surface area contributed by atoms with Crippen molar-refractivity contribution in [3.8, 4) is 5.75 Å². The second-order valence-corrected chi connectivity index (χ2v) is 3.31. The van der Waals surface area contributed by atoms with Gasteiger partial charge in [0.1, 0.15) is 0 Å². The first-order valence-electron chi connectivity index (χ1n) is 3.64. The van der Waals surface area contributed by atoms with Crippen molar-refractivity contribution < 1.29 is 22.3 Å². The Bertz CT molecular complexity index is 369. The third-order valence-electron chi connectivity index (χ3n) is 1.39. The molecule has 0 aliphatic carbocycles. The lowest BCUT2D eigenvalue weighted by Gasteiger charge is -2.12. The number of pyridine rings is 1. The number of hydrogen-bond acceptors (Lipinski definition) is 3. The van der Waals surface area contributed by atoms with Crippen LogP contribution in [0.1, 0.15) is 5.69 Å². The number of ether oxygens (including phenoxy) is 1. The molecule has 0 saturated carbocycles. The number of aromatic nitrogens is 1. The summed E-state index contributed by atoms with van der Waals surface area (Å²) in [6, 6.07) is 0.831. The molecule has 1 aromatic rings. The normalized spacial score (nSPS) is 11.6. The summed E-state index contributed by atoms with van der Waals surface area (Å²) in [6.07, 6.45) is -4.86. The molecular formula is C7H5BrF4N2O. The Morgan fingerprint density at radius 3 is 2.53 bits per heavy atom. The first-order chi connectivity index (χ1) is 6.83. The van der Waals surface area contributed by atoms with E-state index in [0.717, 1.165) is 6.07 Å². The lowest BCUT2D eigenvalue weighted by atomic mass is 10.3. The molecule has 0 bridgehead atoms. The fourth-order valence-corrected chi connectivity index (χ4v) is 1.14. The highest BCUT2D eigenvalue weighted by molar-refractivity contribution is 9.10. The highest BCUT2D eigenvalue weighted by Gasteiger charge is 2.32. The van der Waals surface area contributed by atoms with Crippen LogP contribution in [0.2, 0.25) is 0 Å². The molecule has 0 radical (unpaired) electrons. The van der Waals surface area contributed by atoms with E-state index < -0.39 is 18.1 Å². The lowest BCUT2D eigenvalue weighted by molar-refractivity contribution is -0.275. The van der Waals surface area contributed by atoms with Crippen LogP contribution in [0.5, 0.6) is 5.75 Å². The van der Waals surface area contributed by atoms with Crippen LogP contribution in [-0.4, -0.2) is 11.3 Å². The second kappa shape index (κ2) is 4.31.